The van der Waals surface area contributed by atoms with Crippen LogP contribution in [-0.2, 0) is 25.5 Å². The number of hydrogen-bond acceptors (Lipinski definition) is 6. The van der Waals surface area contributed by atoms with Crippen molar-refractivity contribution in [3.8, 4) is 0 Å². The lowest BCUT2D eigenvalue weighted by Crippen LogP contribution is -2.54. The summed E-state index contributed by atoms with van der Waals surface area (Å²) in [5.41, 5.74) is 0. The van der Waals surface area contributed by atoms with Gasteiger partial charge < -0.3 is 9.80 Å². The Labute approximate surface area is 166 Å². The number of thiophene rings is 1. The van der Waals surface area contributed by atoms with Crippen molar-refractivity contribution in [2.45, 2.75) is 64.1 Å². The average Bonchev–Trinajstić information content (AvgIpc) is 3.16. The van der Waals surface area contributed by atoms with E-state index in [1.807, 2.05) is 22.4 Å². The van der Waals surface area contributed by atoms with Gasteiger partial charge in [0, 0.05) is 36.6 Å². The van der Waals surface area contributed by atoms with Crippen molar-refractivity contribution in [3.05, 3.63) is 22.4 Å². The van der Waals surface area contributed by atoms with Crippen LogP contribution in [0.5, 0.6) is 0 Å². The fourth-order valence-corrected chi connectivity index (χ4v) is 5.87. The number of amides is 1. The lowest BCUT2D eigenvalue weighted by atomic mass is 9.98. The first kappa shape index (κ1) is 20.8. The number of carbonyl (C=O) groups excluding carboxylic acids is 1. The van der Waals surface area contributed by atoms with Gasteiger partial charge >= 0.3 is 0 Å². The Morgan fingerprint density at radius 2 is 1.96 bits per heavy atom. The maximum atomic E-state index is 12.9. The highest BCUT2D eigenvalue weighted by Crippen LogP contribution is 2.25. The number of aryl methyl sites for hydroxylation is 1. The van der Waals surface area contributed by atoms with Crippen LogP contribution < -0.4 is 0 Å². The lowest BCUT2D eigenvalue weighted by molar-refractivity contribution is -0.145. The van der Waals surface area contributed by atoms with Crippen molar-refractivity contribution in [2.75, 3.05) is 25.4 Å². The summed E-state index contributed by atoms with van der Waals surface area (Å²) >= 11 is 1.53. The van der Waals surface area contributed by atoms with Crippen LogP contribution in [0.2, 0.25) is 0 Å². The third kappa shape index (κ3) is 5.53. The molecule has 0 bridgehead atoms. The summed E-state index contributed by atoms with van der Waals surface area (Å²) in [7, 11) is -3.71. The van der Waals surface area contributed by atoms with Gasteiger partial charge in [-0.3, -0.25) is 8.98 Å². The van der Waals surface area contributed by atoms with E-state index in [2.05, 4.69) is 18.7 Å². The number of nitrogens with zero attached hydrogens (tertiary/aromatic N) is 2. The third-order valence-corrected chi connectivity index (χ3v) is 7.70. The monoisotopic (exact) mass is 414 g/mol. The Hall–Kier alpha value is -0.960. The predicted molar refractivity (Wildman–Crippen MR) is 107 cm³/mol. The molecule has 152 valence electrons. The molecule has 1 amide bonds. The molecular formula is C19H30N2O4S2. The van der Waals surface area contributed by atoms with E-state index in [9.17, 15) is 13.2 Å². The molecular weight excluding hydrogens is 384 g/mol. The SMILES string of the molecule is CC(C)N1CCC(N2CCC[C@H](OS(=O)(=O)CCc3cccs3)C2=O)CC1. The van der Waals surface area contributed by atoms with Gasteiger partial charge in [-0.1, -0.05) is 6.07 Å². The molecule has 6 nitrogen and oxygen atoms in total. The summed E-state index contributed by atoms with van der Waals surface area (Å²) < 4.78 is 30.0. The molecule has 27 heavy (non-hydrogen) atoms. The van der Waals surface area contributed by atoms with Gasteiger partial charge in [0.05, 0.1) is 5.75 Å². The van der Waals surface area contributed by atoms with E-state index in [1.165, 1.54) is 11.3 Å². The smallest absolute Gasteiger partial charge is 0.268 e. The molecule has 2 saturated heterocycles. The second kappa shape index (κ2) is 9.03. The second-order valence-electron chi connectivity index (χ2n) is 7.71. The highest BCUT2D eigenvalue weighted by molar-refractivity contribution is 7.86. The van der Waals surface area contributed by atoms with E-state index in [1.54, 1.807) is 0 Å². The van der Waals surface area contributed by atoms with Gasteiger partial charge in [0.25, 0.3) is 16.0 Å². The molecule has 0 aromatic carbocycles. The molecule has 0 spiro atoms. The molecule has 0 N–H and O–H groups in total. The molecule has 1 aromatic heterocycles. The van der Waals surface area contributed by atoms with Crippen molar-refractivity contribution >= 4 is 27.4 Å². The van der Waals surface area contributed by atoms with Crippen LogP contribution >= 0.6 is 11.3 Å². The van der Waals surface area contributed by atoms with Crippen LogP contribution in [0.1, 0.15) is 44.4 Å². The van der Waals surface area contributed by atoms with E-state index in [-0.39, 0.29) is 17.7 Å². The van der Waals surface area contributed by atoms with Gasteiger partial charge in [0.15, 0.2) is 6.10 Å². The first-order valence-electron chi connectivity index (χ1n) is 9.83. The number of piperidine rings is 2. The molecule has 3 rings (SSSR count). The van der Waals surface area contributed by atoms with Gasteiger partial charge in [0.2, 0.25) is 0 Å². The molecule has 0 radical (unpaired) electrons. The molecule has 0 aliphatic carbocycles. The molecule has 1 atom stereocenters. The minimum Gasteiger partial charge on any atom is -0.337 e. The van der Waals surface area contributed by atoms with Crippen LogP contribution in [-0.4, -0.2) is 67.7 Å². The summed E-state index contributed by atoms with van der Waals surface area (Å²) in [6.07, 6.45) is 2.75. The maximum absolute atomic E-state index is 12.9. The zero-order valence-electron chi connectivity index (χ0n) is 16.2. The van der Waals surface area contributed by atoms with Crippen molar-refractivity contribution in [1.82, 2.24) is 9.80 Å². The molecule has 8 heteroatoms. The topological polar surface area (TPSA) is 66.9 Å². The van der Waals surface area contributed by atoms with Crippen LogP contribution in [0.4, 0.5) is 0 Å². The van der Waals surface area contributed by atoms with Crippen LogP contribution in [0.3, 0.4) is 0 Å². The van der Waals surface area contributed by atoms with Crippen molar-refractivity contribution in [3.63, 3.8) is 0 Å². The Balaban J connectivity index is 1.55. The largest absolute Gasteiger partial charge is 0.337 e. The van der Waals surface area contributed by atoms with E-state index in [0.29, 0.717) is 25.4 Å². The minimum atomic E-state index is -3.71. The first-order valence-corrected chi connectivity index (χ1v) is 12.3. The number of likely N-dealkylation sites (tertiary alicyclic amines) is 2. The Morgan fingerprint density at radius 3 is 2.59 bits per heavy atom. The predicted octanol–water partition coefficient (Wildman–Crippen LogP) is 2.50. The van der Waals surface area contributed by atoms with Crippen LogP contribution in [0, 0.1) is 0 Å². The summed E-state index contributed by atoms with van der Waals surface area (Å²) in [5, 5.41) is 1.93. The van der Waals surface area contributed by atoms with Gasteiger partial charge in [-0.05, 0) is 57.4 Å². The van der Waals surface area contributed by atoms with Gasteiger partial charge in [-0.25, -0.2) is 0 Å². The maximum Gasteiger partial charge on any atom is 0.268 e. The molecule has 0 saturated carbocycles. The third-order valence-electron chi connectivity index (χ3n) is 5.54. The van der Waals surface area contributed by atoms with E-state index in [0.717, 1.165) is 37.2 Å². The molecule has 2 fully saturated rings. The molecule has 1 aromatic rings. The van der Waals surface area contributed by atoms with Crippen molar-refractivity contribution in [1.29, 1.82) is 0 Å². The molecule has 0 unspecified atom stereocenters. The van der Waals surface area contributed by atoms with E-state index < -0.39 is 16.2 Å². The van der Waals surface area contributed by atoms with Gasteiger partial charge in [-0.15, -0.1) is 11.3 Å². The number of hydrogen-bond donors (Lipinski definition) is 0. The highest BCUT2D eigenvalue weighted by Gasteiger charge is 2.37. The van der Waals surface area contributed by atoms with Crippen molar-refractivity contribution in [2.24, 2.45) is 0 Å². The fraction of sp³-hybridized carbons (Fsp3) is 0.737. The van der Waals surface area contributed by atoms with E-state index in [4.69, 9.17) is 4.18 Å². The summed E-state index contributed by atoms with van der Waals surface area (Å²) in [5.74, 6) is -0.228. The van der Waals surface area contributed by atoms with Crippen LogP contribution in [0.15, 0.2) is 17.5 Å². The normalized spacial score (nSPS) is 23.3. The minimum absolute atomic E-state index is 0.0793. The standard InChI is InChI=1S/C19H30N2O4S2/c1-15(2)20-11-7-16(8-12-20)21-10-3-6-18(19(21)22)25-27(23,24)14-9-17-5-4-13-26-17/h4-5,13,15-16,18H,3,6-12,14H2,1-2H3/t18-/m0/s1. The Kier molecular flexibility index (Phi) is 6.94. The molecule has 3 heterocycles. The fourth-order valence-electron chi connectivity index (χ4n) is 3.94. The highest BCUT2D eigenvalue weighted by atomic mass is 32.2. The van der Waals surface area contributed by atoms with Crippen LogP contribution in [0.25, 0.3) is 0 Å². The zero-order chi connectivity index (χ0) is 19.4. The number of rotatable bonds is 7. The quantitative estimate of drug-likeness (QED) is 0.642. The van der Waals surface area contributed by atoms with Gasteiger partial charge in [-0.2, -0.15) is 8.42 Å². The zero-order valence-corrected chi connectivity index (χ0v) is 17.8. The Bertz CT molecular complexity index is 710. The molecule has 2 aliphatic heterocycles. The Morgan fingerprint density at radius 1 is 1.22 bits per heavy atom. The second-order valence-corrected chi connectivity index (χ2v) is 10.5. The van der Waals surface area contributed by atoms with Crippen molar-refractivity contribution < 1.29 is 17.4 Å². The van der Waals surface area contributed by atoms with Gasteiger partial charge in [0.1, 0.15) is 0 Å². The summed E-state index contributed by atoms with van der Waals surface area (Å²) in [4.78, 5) is 18.2. The average molecular weight is 415 g/mol. The number of carbonyl (C=O) groups is 1. The summed E-state index contributed by atoms with van der Waals surface area (Å²) in [6, 6.07) is 4.54. The summed E-state index contributed by atoms with van der Waals surface area (Å²) in [6.45, 7) is 7.06. The van der Waals surface area contributed by atoms with E-state index >= 15 is 0 Å². The molecule has 2 aliphatic rings. The lowest BCUT2D eigenvalue weighted by Gasteiger charge is -2.42. The first-order chi connectivity index (χ1) is 12.9.